The molecule has 2 heterocycles. The molecule has 6 nitrogen and oxygen atoms in total. The molecule has 1 saturated carbocycles. The zero-order valence-electron chi connectivity index (χ0n) is 14.0. The van der Waals surface area contributed by atoms with Crippen LogP contribution in [0.2, 0.25) is 18.1 Å². The summed E-state index contributed by atoms with van der Waals surface area (Å²) < 4.78 is 8.35. The molecule has 1 N–H and O–H groups in total. The third kappa shape index (κ3) is 2.60. The van der Waals surface area contributed by atoms with Gasteiger partial charge in [0.1, 0.15) is 6.10 Å². The van der Waals surface area contributed by atoms with Crippen LogP contribution in [0.3, 0.4) is 0 Å². The number of aromatic carboxylic acids is 1. The smallest absolute Gasteiger partial charge is 0.375 e. The zero-order valence-corrected chi connectivity index (χ0v) is 15.0. The molecule has 1 aliphatic carbocycles. The third-order valence-corrected chi connectivity index (χ3v) is 9.80. The van der Waals surface area contributed by atoms with Crippen LogP contribution in [0.1, 0.15) is 68.6 Å². The largest absolute Gasteiger partial charge is 0.475 e. The summed E-state index contributed by atoms with van der Waals surface area (Å²) in [6.45, 7) is 11.1. The zero-order chi connectivity index (χ0) is 16.3. The minimum absolute atomic E-state index is 0.107. The minimum atomic E-state index is -1.93. The van der Waals surface area contributed by atoms with Gasteiger partial charge in [-0.2, -0.15) is 0 Å². The van der Waals surface area contributed by atoms with Gasteiger partial charge in [-0.05, 0) is 36.9 Å². The Morgan fingerprint density at radius 1 is 1.36 bits per heavy atom. The molecule has 1 aromatic heterocycles. The second kappa shape index (κ2) is 4.89. The van der Waals surface area contributed by atoms with Crippen LogP contribution in [0, 0.1) is 5.92 Å². The van der Waals surface area contributed by atoms with Crippen molar-refractivity contribution in [2.75, 3.05) is 0 Å². The molecule has 1 aliphatic heterocycles. The van der Waals surface area contributed by atoms with Gasteiger partial charge in [-0.1, -0.05) is 20.8 Å². The number of aromatic nitrogens is 3. The van der Waals surface area contributed by atoms with Gasteiger partial charge in [-0.25, -0.2) is 14.5 Å². The fourth-order valence-corrected chi connectivity index (χ4v) is 4.09. The van der Waals surface area contributed by atoms with Crippen molar-refractivity contribution in [3.05, 3.63) is 11.6 Å². The standard InChI is InChI=1S/C15H25N3O3Si/c1-15(2,3)22(4,5)21-11-8-10(9-6-7-9)18-13(11)16-12(17-18)14(19)20/h9-11H,6-8H2,1-5H3,(H,19,20). The van der Waals surface area contributed by atoms with Crippen LogP contribution >= 0.6 is 0 Å². The maximum absolute atomic E-state index is 11.2. The Balaban J connectivity index is 1.90. The highest BCUT2D eigenvalue weighted by atomic mass is 28.4. The van der Waals surface area contributed by atoms with E-state index in [1.54, 1.807) is 0 Å². The number of nitrogens with zero attached hydrogens (tertiary/aromatic N) is 3. The number of carbonyl (C=O) groups is 1. The van der Waals surface area contributed by atoms with Gasteiger partial charge >= 0.3 is 5.97 Å². The van der Waals surface area contributed by atoms with Crippen molar-refractivity contribution in [3.8, 4) is 0 Å². The van der Waals surface area contributed by atoms with E-state index < -0.39 is 14.3 Å². The van der Waals surface area contributed by atoms with E-state index in [-0.39, 0.29) is 23.0 Å². The lowest BCUT2D eigenvalue weighted by Gasteiger charge is -2.38. The van der Waals surface area contributed by atoms with Gasteiger partial charge in [-0.3, -0.25) is 0 Å². The molecular weight excluding hydrogens is 298 g/mol. The number of rotatable bonds is 4. The molecule has 0 saturated heterocycles. The second-order valence-corrected chi connectivity index (χ2v) is 12.8. The summed E-state index contributed by atoms with van der Waals surface area (Å²) >= 11 is 0. The van der Waals surface area contributed by atoms with Crippen LogP contribution in [0.5, 0.6) is 0 Å². The first kappa shape index (κ1) is 15.7. The average Bonchev–Trinajstić information content (AvgIpc) is 3.01. The number of hydrogen-bond acceptors (Lipinski definition) is 4. The predicted octanol–water partition coefficient (Wildman–Crippen LogP) is 3.39. The van der Waals surface area contributed by atoms with Gasteiger partial charge in [0.15, 0.2) is 14.1 Å². The average molecular weight is 323 g/mol. The van der Waals surface area contributed by atoms with E-state index >= 15 is 0 Å². The number of hydrogen-bond donors (Lipinski definition) is 1. The molecule has 0 spiro atoms. The van der Waals surface area contributed by atoms with Crippen LogP contribution in [0.15, 0.2) is 0 Å². The summed E-state index contributed by atoms with van der Waals surface area (Å²) in [5.41, 5.74) is 0. The Morgan fingerprint density at radius 3 is 2.50 bits per heavy atom. The van der Waals surface area contributed by atoms with Crippen molar-refractivity contribution >= 4 is 14.3 Å². The van der Waals surface area contributed by atoms with Gasteiger partial charge < -0.3 is 9.53 Å². The highest BCUT2D eigenvalue weighted by molar-refractivity contribution is 6.74. The molecule has 2 unspecified atom stereocenters. The third-order valence-electron chi connectivity index (χ3n) is 5.32. The van der Waals surface area contributed by atoms with Crippen molar-refractivity contribution in [3.63, 3.8) is 0 Å². The predicted molar refractivity (Wildman–Crippen MR) is 84.4 cm³/mol. The number of fused-ring (bicyclic) bond motifs is 1. The van der Waals surface area contributed by atoms with Crippen LogP contribution in [0.4, 0.5) is 0 Å². The van der Waals surface area contributed by atoms with Crippen molar-refractivity contribution in [2.24, 2.45) is 5.92 Å². The van der Waals surface area contributed by atoms with Crippen LogP contribution in [-0.4, -0.2) is 34.2 Å². The normalized spacial score (nSPS) is 25.3. The molecule has 1 fully saturated rings. The van der Waals surface area contributed by atoms with Crippen molar-refractivity contribution in [2.45, 2.75) is 70.3 Å². The first-order valence-electron chi connectivity index (χ1n) is 7.98. The van der Waals surface area contributed by atoms with Gasteiger partial charge in [0.25, 0.3) is 5.82 Å². The molecule has 2 atom stereocenters. The highest BCUT2D eigenvalue weighted by Crippen LogP contribution is 2.51. The van der Waals surface area contributed by atoms with E-state index in [1.807, 2.05) is 4.68 Å². The van der Waals surface area contributed by atoms with Crippen molar-refractivity contribution in [1.82, 2.24) is 14.8 Å². The minimum Gasteiger partial charge on any atom is -0.475 e. The molecule has 122 valence electrons. The lowest BCUT2D eigenvalue weighted by Crippen LogP contribution is -2.41. The van der Waals surface area contributed by atoms with Gasteiger partial charge in [-0.15, -0.1) is 5.10 Å². The first-order valence-corrected chi connectivity index (χ1v) is 10.9. The summed E-state index contributed by atoms with van der Waals surface area (Å²) in [6, 6.07) is 0.255. The molecule has 0 bridgehead atoms. The van der Waals surface area contributed by atoms with Crippen LogP contribution in [0.25, 0.3) is 0 Å². The van der Waals surface area contributed by atoms with E-state index in [2.05, 4.69) is 43.9 Å². The summed E-state index contributed by atoms with van der Waals surface area (Å²) in [7, 11) is -1.93. The number of carboxylic acids is 1. The second-order valence-electron chi connectivity index (χ2n) is 8.05. The van der Waals surface area contributed by atoms with Gasteiger partial charge in [0.2, 0.25) is 0 Å². The highest BCUT2D eigenvalue weighted by Gasteiger charge is 2.47. The van der Waals surface area contributed by atoms with E-state index in [9.17, 15) is 4.79 Å². The van der Waals surface area contributed by atoms with E-state index in [0.29, 0.717) is 11.7 Å². The molecule has 22 heavy (non-hydrogen) atoms. The van der Waals surface area contributed by atoms with Crippen molar-refractivity contribution in [1.29, 1.82) is 0 Å². The van der Waals surface area contributed by atoms with Crippen molar-refractivity contribution < 1.29 is 14.3 Å². The Morgan fingerprint density at radius 2 is 2.00 bits per heavy atom. The van der Waals surface area contributed by atoms with Crippen LogP contribution in [-0.2, 0) is 4.43 Å². The molecule has 0 radical (unpaired) electrons. The summed E-state index contributed by atoms with van der Waals surface area (Å²) in [5.74, 6) is 0.140. The van der Waals surface area contributed by atoms with Crippen LogP contribution < -0.4 is 0 Å². The molecular formula is C15H25N3O3Si. The van der Waals surface area contributed by atoms with Gasteiger partial charge in [0.05, 0.1) is 6.04 Å². The van der Waals surface area contributed by atoms with E-state index in [4.69, 9.17) is 9.53 Å². The topological polar surface area (TPSA) is 77.2 Å². The first-order chi connectivity index (χ1) is 10.1. The molecule has 7 heteroatoms. The molecule has 1 aromatic rings. The van der Waals surface area contributed by atoms with E-state index in [0.717, 1.165) is 6.42 Å². The van der Waals surface area contributed by atoms with Gasteiger partial charge in [0, 0.05) is 6.42 Å². The molecule has 0 amide bonds. The quantitative estimate of drug-likeness (QED) is 0.859. The molecule has 2 aliphatic rings. The lowest BCUT2D eigenvalue weighted by atomic mass is 10.1. The molecule has 3 rings (SSSR count). The Kier molecular flexibility index (Phi) is 3.48. The fourth-order valence-electron chi connectivity index (χ4n) is 2.82. The Hall–Kier alpha value is -1.21. The maximum atomic E-state index is 11.2. The van der Waals surface area contributed by atoms with E-state index in [1.165, 1.54) is 12.8 Å². The number of carboxylic acid groups (broad SMARTS) is 1. The molecule has 0 aromatic carbocycles. The SMILES string of the molecule is CC(C)(C)[Si](C)(C)OC1CC(C2CC2)n2nc(C(=O)O)nc21. The Labute approximate surface area is 132 Å². The summed E-state index contributed by atoms with van der Waals surface area (Å²) in [6.07, 6.45) is 3.15. The summed E-state index contributed by atoms with van der Waals surface area (Å²) in [4.78, 5) is 15.4. The maximum Gasteiger partial charge on any atom is 0.375 e. The monoisotopic (exact) mass is 323 g/mol. The summed E-state index contributed by atoms with van der Waals surface area (Å²) in [5, 5.41) is 13.5. The Bertz CT molecular complexity index is 602. The lowest BCUT2D eigenvalue weighted by molar-refractivity contribution is 0.0681. The fraction of sp³-hybridized carbons (Fsp3) is 0.800.